The summed E-state index contributed by atoms with van der Waals surface area (Å²) in [4.78, 5) is 36.6. The van der Waals surface area contributed by atoms with Crippen LogP contribution in [0.4, 0.5) is 0 Å². The minimum absolute atomic E-state index is 0.185. The Morgan fingerprint density at radius 2 is 0.650 bits per heavy atom. The van der Waals surface area contributed by atoms with Crippen molar-refractivity contribution in [2.45, 2.75) is 60.8 Å². The van der Waals surface area contributed by atoms with Crippen LogP contribution < -0.4 is 14.2 Å². The van der Waals surface area contributed by atoms with E-state index in [1.165, 1.54) is 21.3 Å². The highest BCUT2D eigenvalue weighted by Gasteiger charge is 2.27. The normalized spacial score (nSPS) is 11.8. The zero-order valence-electron chi connectivity index (χ0n) is 36.1. The summed E-state index contributed by atoms with van der Waals surface area (Å²) in [7, 11) is 4.01. The standard InChI is InChI=1S/C51H54O9/c1-10-34(4)31-58-46-43(28-19-37-13-22-40(23-14-37)49(52)55-7)47(59-32-35(5)11-2)45(30-21-39-17-26-42(27-18-39)51(54)57-9)48(60-33-36(6)12-3)44(46)29-20-38-15-24-41(25-16-38)50(53)56-8/h13-18,22-27,34-36H,10-12,31-33H2,1-9H3/t34-,35-,36-/m0/s1. The molecule has 0 aromatic heterocycles. The molecule has 0 aliphatic rings. The smallest absolute Gasteiger partial charge is 0.337 e. The summed E-state index contributed by atoms with van der Waals surface area (Å²) in [6, 6.07) is 20.5. The highest BCUT2D eigenvalue weighted by atomic mass is 16.5. The molecule has 0 fully saturated rings. The summed E-state index contributed by atoms with van der Waals surface area (Å²) >= 11 is 0. The summed E-state index contributed by atoms with van der Waals surface area (Å²) in [5, 5.41) is 0. The van der Waals surface area contributed by atoms with Crippen LogP contribution in [-0.4, -0.2) is 59.1 Å². The maximum atomic E-state index is 12.2. The Kier molecular flexibility index (Phi) is 17.7. The van der Waals surface area contributed by atoms with Gasteiger partial charge in [-0.2, -0.15) is 0 Å². The van der Waals surface area contributed by atoms with Gasteiger partial charge in [-0.1, -0.05) is 96.3 Å². The van der Waals surface area contributed by atoms with Crippen LogP contribution in [0.2, 0.25) is 0 Å². The fraction of sp³-hybridized carbons (Fsp3) is 0.353. The molecule has 4 rings (SSSR count). The van der Waals surface area contributed by atoms with Crippen molar-refractivity contribution in [2.24, 2.45) is 17.8 Å². The summed E-state index contributed by atoms with van der Waals surface area (Å²) in [6.45, 7) is 13.7. The molecule has 3 atom stereocenters. The fourth-order valence-corrected chi connectivity index (χ4v) is 5.31. The first kappa shape index (κ1) is 46.1. The Balaban J connectivity index is 2.15. The van der Waals surface area contributed by atoms with Gasteiger partial charge in [0.25, 0.3) is 0 Å². The first-order valence-corrected chi connectivity index (χ1v) is 20.2. The van der Waals surface area contributed by atoms with E-state index in [1.807, 2.05) is 0 Å². The fourth-order valence-electron chi connectivity index (χ4n) is 5.31. The second kappa shape index (κ2) is 23.1. The lowest BCUT2D eigenvalue weighted by molar-refractivity contribution is 0.0592. The van der Waals surface area contributed by atoms with Crippen molar-refractivity contribution in [3.63, 3.8) is 0 Å². The van der Waals surface area contributed by atoms with E-state index >= 15 is 0 Å². The third kappa shape index (κ3) is 12.7. The van der Waals surface area contributed by atoms with E-state index in [2.05, 4.69) is 77.1 Å². The molecule has 0 saturated heterocycles. The van der Waals surface area contributed by atoms with E-state index in [0.717, 1.165) is 19.3 Å². The van der Waals surface area contributed by atoms with Gasteiger partial charge >= 0.3 is 17.9 Å². The third-order valence-electron chi connectivity index (χ3n) is 9.90. The van der Waals surface area contributed by atoms with Gasteiger partial charge in [-0.05, 0) is 90.6 Å². The monoisotopic (exact) mass is 810 g/mol. The zero-order chi connectivity index (χ0) is 43.6. The lowest BCUT2D eigenvalue weighted by atomic mass is 9.98. The van der Waals surface area contributed by atoms with Crippen LogP contribution in [0.25, 0.3) is 0 Å². The van der Waals surface area contributed by atoms with Gasteiger partial charge in [0.15, 0.2) is 17.2 Å². The molecule has 0 unspecified atom stereocenters. The van der Waals surface area contributed by atoms with E-state index in [4.69, 9.17) is 28.4 Å². The molecular formula is C51H54O9. The number of hydrogen-bond acceptors (Lipinski definition) is 9. The summed E-state index contributed by atoms with van der Waals surface area (Å²) in [5.41, 5.74) is 4.41. The van der Waals surface area contributed by atoms with Gasteiger partial charge in [0.2, 0.25) is 0 Å². The van der Waals surface area contributed by atoms with Crippen molar-refractivity contribution in [1.29, 1.82) is 0 Å². The number of rotatable bonds is 15. The molecule has 0 amide bonds. The molecule has 9 heteroatoms. The number of ether oxygens (including phenoxy) is 6. The van der Waals surface area contributed by atoms with Crippen LogP contribution in [0.15, 0.2) is 72.8 Å². The molecular weight excluding hydrogens is 757 g/mol. The van der Waals surface area contributed by atoms with Gasteiger partial charge in [-0.25, -0.2) is 14.4 Å². The van der Waals surface area contributed by atoms with Gasteiger partial charge in [-0.3, -0.25) is 0 Å². The van der Waals surface area contributed by atoms with Crippen LogP contribution in [-0.2, 0) is 14.2 Å². The average molecular weight is 811 g/mol. The molecule has 60 heavy (non-hydrogen) atoms. The van der Waals surface area contributed by atoms with E-state index in [9.17, 15) is 14.4 Å². The quantitative estimate of drug-likeness (QED) is 0.0660. The minimum Gasteiger partial charge on any atom is -0.490 e. The van der Waals surface area contributed by atoms with Gasteiger partial charge in [0.1, 0.15) is 16.7 Å². The second-order valence-corrected chi connectivity index (χ2v) is 14.5. The van der Waals surface area contributed by atoms with Crippen molar-refractivity contribution in [3.05, 3.63) is 123 Å². The molecule has 0 N–H and O–H groups in total. The predicted octanol–water partition coefficient (Wildman–Crippen LogP) is 9.52. The Morgan fingerprint density at radius 1 is 0.417 bits per heavy atom. The lowest BCUT2D eigenvalue weighted by Gasteiger charge is -2.23. The molecule has 4 aromatic carbocycles. The molecule has 312 valence electrons. The average Bonchev–Trinajstić information content (AvgIpc) is 3.29. The van der Waals surface area contributed by atoms with Crippen molar-refractivity contribution in [3.8, 4) is 52.8 Å². The van der Waals surface area contributed by atoms with Gasteiger partial charge in [0.05, 0.1) is 57.8 Å². The maximum absolute atomic E-state index is 12.2. The van der Waals surface area contributed by atoms with Crippen LogP contribution in [0, 0.1) is 53.3 Å². The Hall–Kier alpha value is -6.63. The molecule has 0 heterocycles. The van der Waals surface area contributed by atoms with Crippen LogP contribution in [0.1, 0.15) is 125 Å². The van der Waals surface area contributed by atoms with E-state index in [-0.39, 0.29) is 17.8 Å². The number of methoxy groups -OCH3 is 3. The number of benzene rings is 4. The predicted molar refractivity (Wildman–Crippen MR) is 233 cm³/mol. The maximum Gasteiger partial charge on any atom is 0.337 e. The number of esters is 3. The van der Waals surface area contributed by atoms with Crippen molar-refractivity contribution >= 4 is 17.9 Å². The van der Waals surface area contributed by atoms with Crippen LogP contribution in [0.5, 0.6) is 17.2 Å². The molecule has 0 aliphatic carbocycles. The van der Waals surface area contributed by atoms with Crippen molar-refractivity contribution in [1.82, 2.24) is 0 Å². The van der Waals surface area contributed by atoms with Gasteiger partial charge in [-0.15, -0.1) is 0 Å². The topological polar surface area (TPSA) is 107 Å². The van der Waals surface area contributed by atoms with Gasteiger partial charge in [0, 0.05) is 16.7 Å². The van der Waals surface area contributed by atoms with E-state index < -0.39 is 17.9 Å². The molecule has 0 radical (unpaired) electrons. The molecule has 0 bridgehead atoms. The van der Waals surface area contributed by atoms with Crippen molar-refractivity contribution in [2.75, 3.05) is 41.2 Å². The molecule has 0 aliphatic heterocycles. The van der Waals surface area contributed by atoms with Crippen molar-refractivity contribution < 1.29 is 42.8 Å². The third-order valence-corrected chi connectivity index (χ3v) is 9.90. The summed E-state index contributed by atoms with van der Waals surface area (Å²) in [6.07, 6.45) is 2.61. The number of carbonyl (C=O) groups excluding carboxylic acids is 3. The first-order chi connectivity index (χ1) is 29.0. The Labute approximate surface area is 355 Å². The zero-order valence-corrected chi connectivity index (χ0v) is 36.1. The Morgan fingerprint density at radius 3 is 0.850 bits per heavy atom. The molecule has 4 aromatic rings. The summed E-state index contributed by atoms with van der Waals surface area (Å²) < 4.78 is 35.0. The lowest BCUT2D eigenvalue weighted by Crippen LogP contribution is -2.15. The van der Waals surface area contributed by atoms with E-state index in [0.29, 0.717) is 87.1 Å². The number of carbonyl (C=O) groups is 3. The van der Waals surface area contributed by atoms with Gasteiger partial charge < -0.3 is 28.4 Å². The SMILES string of the molecule is CC[C@H](C)COc1c(C#Cc2ccc(C(=O)OC)cc2)c(OC[C@@H](C)CC)c(C#Cc2ccc(C(=O)OC)cc2)c(OC[C@@H](C)CC)c1C#Cc1ccc(C(=O)OC)cc1. The number of hydrogen-bond donors (Lipinski definition) is 0. The molecule has 9 nitrogen and oxygen atoms in total. The van der Waals surface area contributed by atoms with Crippen LogP contribution >= 0.6 is 0 Å². The first-order valence-electron chi connectivity index (χ1n) is 20.2. The second-order valence-electron chi connectivity index (χ2n) is 14.5. The van der Waals surface area contributed by atoms with Crippen LogP contribution in [0.3, 0.4) is 0 Å². The minimum atomic E-state index is -0.449. The Bertz CT molecular complexity index is 2010. The molecule has 0 saturated carbocycles. The highest BCUT2D eigenvalue weighted by Crippen LogP contribution is 2.44. The summed E-state index contributed by atoms with van der Waals surface area (Å²) in [5.74, 6) is 20.3. The highest BCUT2D eigenvalue weighted by molar-refractivity contribution is 5.90. The largest absolute Gasteiger partial charge is 0.490 e. The molecule has 0 spiro atoms. The van der Waals surface area contributed by atoms with E-state index in [1.54, 1.807) is 72.8 Å².